The number of hydrogen-bond acceptors (Lipinski definition) is 2. The van der Waals surface area contributed by atoms with Crippen LogP contribution in [0.25, 0.3) is 0 Å². The molecule has 122 valence electrons. The predicted octanol–water partition coefficient (Wildman–Crippen LogP) is 4.37. The highest BCUT2D eigenvalue weighted by Gasteiger charge is 2.77. The van der Waals surface area contributed by atoms with Crippen LogP contribution in [0.2, 0.25) is 0 Å². The van der Waals surface area contributed by atoms with E-state index in [0.29, 0.717) is 34.4 Å². The van der Waals surface area contributed by atoms with Gasteiger partial charge in [0.25, 0.3) is 0 Å². The summed E-state index contributed by atoms with van der Waals surface area (Å²) in [6, 6.07) is 0. The van der Waals surface area contributed by atoms with E-state index in [1.165, 1.54) is 51.2 Å². The molecule has 0 amide bonds. The van der Waals surface area contributed by atoms with Crippen LogP contribution in [0.15, 0.2) is 0 Å². The van der Waals surface area contributed by atoms with E-state index in [-0.39, 0.29) is 5.41 Å². The number of fused-ring (bicyclic) bond motifs is 5. The summed E-state index contributed by atoms with van der Waals surface area (Å²) in [7, 11) is 0. The first-order chi connectivity index (χ1) is 10.4. The van der Waals surface area contributed by atoms with Gasteiger partial charge in [-0.2, -0.15) is 0 Å². The summed E-state index contributed by atoms with van der Waals surface area (Å²) in [5, 5.41) is 0. The zero-order valence-corrected chi connectivity index (χ0v) is 14.4. The van der Waals surface area contributed by atoms with Crippen LogP contribution in [0.4, 0.5) is 0 Å². The highest BCUT2D eigenvalue weighted by atomic mass is 16.6. The van der Waals surface area contributed by atoms with Gasteiger partial charge in [-0.1, -0.05) is 27.2 Å². The number of ether oxygens (including phenoxy) is 1. The Morgan fingerprint density at radius 3 is 2.50 bits per heavy atom. The zero-order chi connectivity index (χ0) is 15.4. The van der Waals surface area contributed by atoms with E-state index in [1.807, 2.05) is 0 Å². The topological polar surface area (TPSA) is 29.6 Å². The standard InChI is InChI=1S/C20H30O2/c1-17-9-5-14-19(3)8-4-7-18(2,12-21)13(19)6-10-20(14,11-17)16-15(17)22-16/h12-16H,4-11H2,1-3H3/t13-,14+,15+,16-,17+,18+,19-,20+/m1/s1. The Labute approximate surface area is 134 Å². The van der Waals surface area contributed by atoms with Crippen molar-refractivity contribution in [3.63, 3.8) is 0 Å². The van der Waals surface area contributed by atoms with Gasteiger partial charge in [-0.05, 0) is 67.6 Å². The minimum Gasteiger partial charge on any atom is -0.368 e. The third kappa shape index (κ3) is 1.37. The van der Waals surface area contributed by atoms with Gasteiger partial charge in [-0.15, -0.1) is 0 Å². The lowest BCUT2D eigenvalue weighted by Crippen LogP contribution is -2.59. The van der Waals surface area contributed by atoms with Crippen LogP contribution < -0.4 is 0 Å². The van der Waals surface area contributed by atoms with Crippen molar-refractivity contribution in [2.24, 2.45) is 33.5 Å². The number of epoxide rings is 1. The monoisotopic (exact) mass is 302 g/mol. The third-order valence-electron chi connectivity index (χ3n) is 9.16. The lowest BCUT2D eigenvalue weighted by molar-refractivity contribution is -0.175. The zero-order valence-electron chi connectivity index (χ0n) is 14.4. The van der Waals surface area contributed by atoms with Crippen LogP contribution in [-0.4, -0.2) is 18.5 Å². The Balaban J connectivity index is 1.58. The Morgan fingerprint density at radius 2 is 1.73 bits per heavy atom. The molecule has 5 fully saturated rings. The van der Waals surface area contributed by atoms with Gasteiger partial charge < -0.3 is 9.53 Å². The van der Waals surface area contributed by atoms with Crippen molar-refractivity contribution >= 4 is 6.29 Å². The Bertz CT molecular complexity index is 544. The quantitative estimate of drug-likeness (QED) is 0.532. The van der Waals surface area contributed by atoms with Crippen LogP contribution in [-0.2, 0) is 9.53 Å². The molecule has 0 N–H and O–H groups in total. The molecule has 1 spiro atoms. The Hall–Kier alpha value is -0.370. The largest absolute Gasteiger partial charge is 0.368 e. The Morgan fingerprint density at radius 1 is 0.955 bits per heavy atom. The van der Waals surface area contributed by atoms with Crippen molar-refractivity contribution in [1.29, 1.82) is 0 Å². The van der Waals surface area contributed by atoms with Crippen molar-refractivity contribution in [2.75, 3.05) is 0 Å². The van der Waals surface area contributed by atoms with Crippen LogP contribution in [0.3, 0.4) is 0 Å². The third-order valence-corrected chi connectivity index (χ3v) is 9.16. The molecule has 4 aliphatic carbocycles. The van der Waals surface area contributed by atoms with E-state index in [1.54, 1.807) is 0 Å². The number of aldehydes is 1. The molecule has 22 heavy (non-hydrogen) atoms. The normalized spacial score (nSPS) is 65.2. The summed E-state index contributed by atoms with van der Waals surface area (Å²) in [4.78, 5) is 11.9. The van der Waals surface area contributed by atoms with Crippen LogP contribution >= 0.6 is 0 Å². The first-order valence-electron chi connectivity index (χ1n) is 9.50. The minimum atomic E-state index is -0.0717. The van der Waals surface area contributed by atoms with Gasteiger partial charge in [0.15, 0.2) is 0 Å². The second-order valence-electron chi connectivity index (χ2n) is 10.2. The fourth-order valence-electron chi connectivity index (χ4n) is 8.32. The summed E-state index contributed by atoms with van der Waals surface area (Å²) in [6.07, 6.45) is 12.8. The predicted molar refractivity (Wildman–Crippen MR) is 85.4 cm³/mol. The van der Waals surface area contributed by atoms with Crippen molar-refractivity contribution in [1.82, 2.24) is 0 Å². The summed E-state index contributed by atoms with van der Waals surface area (Å²) in [5.41, 5.74) is 1.23. The number of rotatable bonds is 1. The number of carbonyl (C=O) groups is 1. The van der Waals surface area contributed by atoms with E-state index >= 15 is 0 Å². The van der Waals surface area contributed by atoms with Gasteiger partial charge in [0, 0.05) is 10.8 Å². The molecule has 2 heteroatoms. The van der Waals surface area contributed by atoms with Gasteiger partial charge in [0.1, 0.15) is 6.29 Å². The number of carbonyl (C=O) groups excluding carboxylic acids is 1. The highest BCUT2D eigenvalue weighted by Crippen LogP contribution is 2.77. The molecule has 2 nitrogen and oxygen atoms in total. The molecule has 1 aliphatic heterocycles. The number of hydrogen-bond donors (Lipinski definition) is 0. The average Bonchev–Trinajstić information content (AvgIpc) is 3.25. The van der Waals surface area contributed by atoms with Gasteiger partial charge >= 0.3 is 0 Å². The maximum Gasteiger partial charge on any atom is 0.126 e. The molecule has 0 aromatic heterocycles. The fourth-order valence-corrected chi connectivity index (χ4v) is 8.32. The first-order valence-corrected chi connectivity index (χ1v) is 9.50. The molecular weight excluding hydrogens is 272 g/mol. The van der Waals surface area contributed by atoms with E-state index in [0.717, 1.165) is 12.3 Å². The van der Waals surface area contributed by atoms with E-state index in [9.17, 15) is 4.79 Å². The smallest absolute Gasteiger partial charge is 0.126 e. The summed E-state index contributed by atoms with van der Waals surface area (Å²) in [5.74, 6) is 1.40. The second kappa shape index (κ2) is 3.82. The average molecular weight is 302 g/mol. The molecule has 0 aromatic rings. The van der Waals surface area contributed by atoms with Crippen molar-refractivity contribution in [3.05, 3.63) is 0 Å². The molecule has 0 radical (unpaired) electrons. The molecule has 5 aliphatic rings. The maximum absolute atomic E-state index is 11.9. The van der Waals surface area contributed by atoms with Gasteiger partial charge in [0.2, 0.25) is 0 Å². The SMILES string of the molecule is C[C@]12CC[C@H]3[C@]4(C)CCC[C@@](C)(C=O)[C@H]4CC[C@@]3(C1)[C@@H]1O[C@@H]12. The summed E-state index contributed by atoms with van der Waals surface area (Å²) >= 11 is 0. The summed E-state index contributed by atoms with van der Waals surface area (Å²) < 4.78 is 6.22. The molecular formula is C20H30O2. The van der Waals surface area contributed by atoms with E-state index in [2.05, 4.69) is 20.8 Å². The first kappa shape index (κ1) is 14.0. The second-order valence-corrected chi connectivity index (χ2v) is 10.2. The van der Waals surface area contributed by atoms with Gasteiger partial charge in [-0.3, -0.25) is 0 Å². The molecule has 5 rings (SSSR count). The molecule has 4 saturated carbocycles. The molecule has 0 aromatic carbocycles. The molecule has 8 atom stereocenters. The van der Waals surface area contributed by atoms with Crippen molar-refractivity contribution in [2.45, 2.75) is 84.3 Å². The lowest BCUT2D eigenvalue weighted by atomic mass is 9.40. The highest BCUT2D eigenvalue weighted by molar-refractivity contribution is 5.60. The van der Waals surface area contributed by atoms with E-state index < -0.39 is 0 Å². The molecule has 2 bridgehead atoms. The molecule has 1 saturated heterocycles. The van der Waals surface area contributed by atoms with Gasteiger partial charge in [0.05, 0.1) is 12.2 Å². The van der Waals surface area contributed by atoms with E-state index in [4.69, 9.17) is 4.74 Å². The van der Waals surface area contributed by atoms with Crippen LogP contribution in [0, 0.1) is 33.5 Å². The Kier molecular flexibility index (Phi) is 2.43. The molecule has 1 heterocycles. The maximum atomic E-state index is 11.9. The molecule has 0 unspecified atom stereocenters. The van der Waals surface area contributed by atoms with Crippen molar-refractivity contribution in [3.8, 4) is 0 Å². The summed E-state index contributed by atoms with van der Waals surface area (Å²) in [6.45, 7) is 7.27. The van der Waals surface area contributed by atoms with Gasteiger partial charge in [-0.25, -0.2) is 0 Å². The van der Waals surface area contributed by atoms with Crippen LogP contribution in [0.1, 0.15) is 72.1 Å². The lowest BCUT2D eigenvalue weighted by Gasteiger charge is -2.64. The van der Waals surface area contributed by atoms with Crippen molar-refractivity contribution < 1.29 is 9.53 Å². The fraction of sp³-hybridized carbons (Fsp3) is 0.950. The minimum absolute atomic E-state index is 0.0717. The van der Waals surface area contributed by atoms with Crippen LogP contribution in [0.5, 0.6) is 0 Å².